The van der Waals surface area contributed by atoms with Gasteiger partial charge in [-0.05, 0) is 38.5 Å². The number of hydrogen-bond acceptors (Lipinski definition) is 3. The number of nitrogens with zero attached hydrogens (tertiary/aromatic N) is 3. The van der Waals surface area contributed by atoms with Gasteiger partial charge in [-0.3, -0.25) is 0 Å². The van der Waals surface area contributed by atoms with Crippen molar-refractivity contribution in [3.05, 3.63) is 29.4 Å². The summed E-state index contributed by atoms with van der Waals surface area (Å²) in [6.45, 7) is 0. The number of fused-ring (bicyclic) bond motifs is 2. The Bertz CT molecular complexity index is 486. The molecule has 1 aliphatic carbocycles. The second kappa shape index (κ2) is 3.77. The maximum atomic E-state index is 12.9. The molecule has 18 heavy (non-hydrogen) atoms. The molecule has 0 amide bonds. The van der Waals surface area contributed by atoms with Gasteiger partial charge in [0.2, 0.25) is 5.95 Å². The van der Waals surface area contributed by atoms with E-state index in [-0.39, 0.29) is 5.82 Å². The Morgan fingerprint density at radius 3 is 2.17 bits per heavy atom. The molecular weight excluding hydrogens is 229 g/mol. The van der Waals surface area contributed by atoms with E-state index >= 15 is 0 Å². The fourth-order valence-corrected chi connectivity index (χ4v) is 3.48. The van der Waals surface area contributed by atoms with Crippen LogP contribution < -0.4 is 4.90 Å². The summed E-state index contributed by atoms with van der Waals surface area (Å²) in [5.41, 5.74) is 3.40. The fraction of sp³-hybridized carbons (Fsp3) is 0.571. The third-order valence-electron chi connectivity index (χ3n) is 4.42. The molecule has 2 unspecified atom stereocenters. The van der Waals surface area contributed by atoms with E-state index in [9.17, 15) is 4.39 Å². The van der Waals surface area contributed by atoms with Crippen molar-refractivity contribution in [3.8, 4) is 0 Å². The number of allylic oxidation sites excluding steroid dienone is 1. The van der Waals surface area contributed by atoms with Gasteiger partial charge in [0.05, 0.1) is 12.4 Å². The van der Waals surface area contributed by atoms with Crippen LogP contribution in [0, 0.1) is 5.82 Å². The van der Waals surface area contributed by atoms with Crippen molar-refractivity contribution in [2.75, 3.05) is 4.90 Å². The first kappa shape index (κ1) is 10.5. The first-order valence-corrected chi connectivity index (χ1v) is 6.77. The number of anilines is 1. The first-order chi connectivity index (χ1) is 8.81. The maximum Gasteiger partial charge on any atom is 0.225 e. The second-order valence-electron chi connectivity index (χ2n) is 5.61. The predicted molar refractivity (Wildman–Crippen MR) is 66.8 cm³/mol. The van der Waals surface area contributed by atoms with E-state index in [0.717, 1.165) is 0 Å². The summed E-state index contributed by atoms with van der Waals surface area (Å²) in [7, 11) is 0. The van der Waals surface area contributed by atoms with E-state index in [0.29, 0.717) is 18.0 Å². The van der Waals surface area contributed by atoms with Crippen molar-refractivity contribution in [2.24, 2.45) is 0 Å². The summed E-state index contributed by atoms with van der Waals surface area (Å²) in [5, 5.41) is 0. The third kappa shape index (κ3) is 1.62. The highest BCUT2D eigenvalue weighted by molar-refractivity contribution is 5.42. The van der Waals surface area contributed by atoms with Crippen molar-refractivity contribution in [1.29, 1.82) is 0 Å². The minimum Gasteiger partial charge on any atom is -0.334 e. The maximum absolute atomic E-state index is 12.9. The van der Waals surface area contributed by atoms with E-state index in [2.05, 4.69) is 14.9 Å². The van der Waals surface area contributed by atoms with Crippen LogP contribution in [0.2, 0.25) is 0 Å². The minimum atomic E-state index is -0.358. The van der Waals surface area contributed by atoms with Crippen molar-refractivity contribution >= 4 is 5.95 Å². The van der Waals surface area contributed by atoms with Crippen LogP contribution in [-0.2, 0) is 0 Å². The van der Waals surface area contributed by atoms with Gasteiger partial charge in [-0.15, -0.1) is 0 Å². The van der Waals surface area contributed by atoms with Gasteiger partial charge in [-0.2, -0.15) is 0 Å². The van der Waals surface area contributed by atoms with Crippen molar-refractivity contribution < 1.29 is 4.39 Å². The molecule has 4 rings (SSSR count). The molecule has 2 bridgehead atoms. The average molecular weight is 245 g/mol. The zero-order chi connectivity index (χ0) is 12.1. The van der Waals surface area contributed by atoms with Crippen LogP contribution in [0.1, 0.15) is 38.5 Å². The first-order valence-electron chi connectivity index (χ1n) is 6.77. The lowest BCUT2D eigenvalue weighted by molar-refractivity contribution is 0.532. The molecule has 1 aromatic rings. The minimum absolute atomic E-state index is 0.358. The third-order valence-corrected chi connectivity index (χ3v) is 4.42. The Balaban J connectivity index is 1.64. The van der Waals surface area contributed by atoms with Gasteiger partial charge in [0, 0.05) is 12.1 Å². The Kier molecular flexibility index (Phi) is 2.19. The molecule has 3 aliphatic rings. The summed E-state index contributed by atoms with van der Waals surface area (Å²) in [4.78, 5) is 10.6. The number of piperidine rings is 1. The molecule has 2 saturated heterocycles. The number of halogens is 1. The van der Waals surface area contributed by atoms with Gasteiger partial charge in [-0.25, -0.2) is 14.4 Å². The SMILES string of the molecule is Fc1cnc(N2C3CCC2CC(=C2CC2)C3)nc1. The molecular formula is C14H16FN3. The average Bonchev–Trinajstić information content (AvgIpc) is 3.18. The summed E-state index contributed by atoms with van der Waals surface area (Å²) in [6, 6.07) is 1.08. The number of hydrogen-bond donors (Lipinski definition) is 0. The van der Waals surface area contributed by atoms with E-state index in [4.69, 9.17) is 0 Å². The number of rotatable bonds is 1. The lowest BCUT2D eigenvalue weighted by Crippen LogP contribution is -2.41. The van der Waals surface area contributed by atoms with Crippen LogP contribution >= 0.6 is 0 Å². The van der Waals surface area contributed by atoms with Crippen LogP contribution in [-0.4, -0.2) is 22.1 Å². The Hall–Kier alpha value is -1.45. The van der Waals surface area contributed by atoms with E-state index < -0.39 is 0 Å². The summed E-state index contributed by atoms with van der Waals surface area (Å²) in [5.74, 6) is 0.354. The highest BCUT2D eigenvalue weighted by Gasteiger charge is 2.41. The summed E-state index contributed by atoms with van der Waals surface area (Å²) < 4.78 is 12.9. The molecule has 0 spiro atoms. The lowest BCUT2D eigenvalue weighted by Gasteiger charge is -2.36. The molecule has 3 fully saturated rings. The molecule has 0 aromatic carbocycles. The van der Waals surface area contributed by atoms with E-state index in [1.54, 1.807) is 11.1 Å². The van der Waals surface area contributed by atoms with E-state index in [1.807, 2.05) is 0 Å². The van der Waals surface area contributed by atoms with Crippen LogP contribution in [0.3, 0.4) is 0 Å². The lowest BCUT2D eigenvalue weighted by atomic mass is 9.96. The fourth-order valence-electron chi connectivity index (χ4n) is 3.48. The van der Waals surface area contributed by atoms with Gasteiger partial charge in [0.25, 0.3) is 0 Å². The Morgan fingerprint density at radius 2 is 1.61 bits per heavy atom. The molecule has 2 atom stereocenters. The second-order valence-corrected chi connectivity index (χ2v) is 5.61. The molecule has 4 heteroatoms. The highest BCUT2D eigenvalue weighted by atomic mass is 19.1. The molecule has 3 heterocycles. The Labute approximate surface area is 106 Å². The van der Waals surface area contributed by atoms with Gasteiger partial charge >= 0.3 is 0 Å². The van der Waals surface area contributed by atoms with Crippen LogP contribution in [0.4, 0.5) is 10.3 Å². The molecule has 1 saturated carbocycles. The van der Waals surface area contributed by atoms with Gasteiger partial charge in [0.1, 0.15) is 0 Å². The monoisotopic (exact) mass is 245 g/mol. The normalized spacial score (nSPS) is 29.9. The number of aromatic nitrogens is 2. The van der Waals surface area contributed by atoms with Crippen LogP contribution in [0.25, 0.3) is 0 Å². The van der Waals surface area contributed by atoms with Crippen molar-refractivity contribution in [2.45, 2.75) is 50.6 Å². The largest absolute Gasteiger partial charge is 0.334 e. The molecule has 3 nitrogen and oxygen atoms in total. The van der Waals surface area contributed by atoms with Crippen LogP contribution in [0.5, 0.6) is 0 Å². The van der Waals surface area contributed by atoms with Crippen LogP contribution in [0.15, 0.2) is 23.5 Å². The summed E-state index contributed by atoms with van der Waals surface area (Å²) in [6.07, 6.45) is 9.99. The molecule has 1 aromatic heterocycles. The Morgan fingerprint density at radius 1 is 1.00 bits per heavy atom. The van der Waals surface area contributed by atoms with E-state index in [1.165, 1.54) is 50.9 Å². The summed E-state index contributed by atoms with van der Waals surface area (Å²) >= 11 is 0. The smallest absolute Gasteiger partial charge is 0.225 e. The quantitative estimate of drug-likeness (QED) is 0.712. The van der Waals surface area contributed by atoms with Gasteiger partial charge < -0.3 is 4.90 Å². The molecule has 2 aliphatic heterocycles. The predicted octanol–water partition coefficient (Wildman–Crippen LogP) is 2.84. The molecule has 0 radical (unpaired) electrons. The van der Waals surface area contributed by atoms with Crippen molar-refractivity contribution in [1.82, 2.24) is 9.97 Å². The van der Waals surface area contributed by atoms with Gasteiger partial charge in [-0.1, -0.05) is 11.1 Å². The molecule has 94 valence electrons. The zero-order valence-electron chi connectivity index (χ0n) is 10.3. The highest BCUT2D eigenvalue weighted by Crippen LogP contribution is 2.45. The van der Waals surface area contributed by atoms with Gasteiger partial charge in [0.15, 0.2) is 5.82 Å². The zero-order valence-corrected chi connectivity index (χ0v) is 10.3. The standard InChI is InChI=1S/C14H16FN3/c15-11-7-16-14(17-8-11)18-12-3-4-13(18)6-10(5-12)9-1-2-9/h7-8,12-13H,1-6H2. The molecule has 0 N–H and O–H groups in total. The van der Waals surface area contributed by atoms with Crippen molar-refractivity contribution in [3.63, 3.8) is 0 Å². The topological polar surface area (TPSA) is 29.0 Å².